The molecular weight excluding hydrogens is 265 g/mol. The molecule has 0 amide bonds. The minimum absolute atomic E-state index is 0.0638. The lowest BCUT2D eigenvalue weighted by Gasteiger charge is -2.07. The van der Waals surface area contributed by atoms with Gasteiger partial charge >= 0.3 is 0 Å². The van der Waals surface area contributed by atoms with E-state index in [9.17, 15) is 5.11 Å². The number of hydrogen-bond acceptors (Lipinski definition) is 2. The van der Waals surface area contributed by atoms with Crippen molar-refractivity contribution in [1.29, 1.82) is 5.26 Å². The van der Waals surface area contributed by atoms with Crippen molar-refractivity contribution in [2.45, 2.75) is 6.42 Å². The van der Waals surface area contributed by atoms with Crippen molar-refractivity contribution in [2.75, 3.05) is 0 Å². The quantitative estimate of drug-likeness (QED) is 0.839. The zero-order valence-corrected chi connectivity index (χ0v) is 9.56. The van der Waals surface area contributed by atoms with E-state index in [1.165, 1.54) is 6.07 Å². The first-order chi connectivity index (χ1) is 6.61. The van der Waals surface area contributed by atoms with Crippen molar-refractivity contribution in [3.05, 3.63) is 39.3 Å². The molecule has 0 bridgehead atoms. The van der Waals surface area contributed by atoms with E-state index >= 15 is 0 Å². The second-order valence-electron chi connectivity index (χ2n) is 2.65. The molecule has 1 rings (SSSR count). The Morgan fingerprint density at radius 1 is 1.71 bits per heavy atom. The number of hydrogen-bond donors (Lipinski definition) is 1. The smallest absolute Gasteiger partial charge is 0.134 e. The molecule has 0 aliphatic heterocycles. The van der Waals surface area contributed by atoms with Crippen molar-refractivity contribution in [3.8, 4) is 11.8 Å². The van der Waals surface area contributed by atoms with Gasteiger partial charge in [-0.2, -0.15) is 5.26 Å². The van der Waals surface area contributed by atoms with Gasteiger partial charge in [0.1, 0.15) is 11.8 Å². The second-order valence-corrected chi connectivity index (χ2v) is 3.88. The Kier molecular flexibility index (Phi) is 3.56. The van der Waals surface area contributed by atoms with Gasteiger partial charge in [0.25, 0.3) is 0 Å². The summed E-state index contributed by atoms with van der Waals surface area (Å²) in [6, 6.07) is 3.45. The molecule has 0 saturated carbocycles. The molecule has 0 spiro atoms. The van der Waals surface area contributed by atoms with E-state index < -0.39 is 0 Å². The van der Waals surface area contributed by atoms with E-state index in [1.54, 1.807) is 6.08 Å². The average Bonchev–Trinajstić information content (AvgIpc) is 2.18. The third-order valence-electron chi connectivity index (χ3n) is 1.75. The molecule has 1 aromatic carbocycles. The molecule has 2 nitrogen and oxygen atoms in total. The molecule has 4 heteroatoms. The number of aromatic hydroxyl groups is 1. The number of halogens is 2. The molecule has 0 heterocycles. The van der Waals surface area contributed by atoms with E-state index in [-0.39, 0.29) is 10.8 Å². The lowest BCUT2D eigenvalue weighted by molar-refractivity contribution is 0.466. The predicted molar refractivity (Wildman–Crippen MR) is 59.4 cm³/mol. The zero-order chi connectivity index (χ0) is 10.7. The monoisotopic (exact) mass is 271 g/mol. The van der Waals surface area contributed by atoms with Crippen LogP contribution in [-0.4, -0.2) is 5.11 Å². The molecule has 0 fully saturated rings. The van der Waals surface area contributed by atoms with Crippen LogP contribution >= 0.6 is 27.5 Å². The van der Waals surface area contributed by atoms with Crippen LogP contribution in [0.5, 0.6) is 5.75 Å². The molecule has 0 aromatic heterocycles. The highest BCUT2D eigenvalue weighted by Crippen LogP contribution is 2.36. The first-order valence-electron chi connectivity index (χ1n) is 3.82. The van der Waals surface area contributed by atoms with Crippen LogP contribution in [0.3, 0.4) is 0 Å². The fraction of sp³-hybridized carbons (Fsp3) is 0.100. The summed E-state index contributed by atoms with van der Waals surface area (Å²) in [5.74, 6) is 0.0638. The Bertz CT molecular complexity index is 423. The summed E-state index contributed by atoms with van der Waals surface area (Å²) >= 11 is 9.06. The molecule has 72 valence electrons. The van der Waals surface area contributed by atoms with E-state index in [0.717, 1.165) is 0 Å². The van der Waals surface area contributed by atoms with Gasteiger partial charge in [-0.25, -0.2) is 0 Å². The Morgan fingerprint density at radius 2 is 2.36 bits per heavy atom. The van der Waals surface area contributed by atoms with Gasteiger partial charge in [-0.05, 0) is 28.4 Å². The van der Waals surface area contributed by atoms with Gasteiger partial charge in [-0.15, -0.1) is 6.58 Å². The molecule has 1 N–H and O–H groups in total. The maximum atomic E-state index is 9.64. The first-order valence-corrected chi connectivity index (χ1v) is 4.99. The van der Waals surface area contributed by atoms with Crippen LogP contribution in [0.2, 0.25) is 5.02 Å². The topological polar surface area (TPSA) is 44.0 Å². The summed E-state index contributed by atoms with van der Waals surface area (Å²) in [6.45, 7) is 3.56. The number of phenols is 1. The molecule has 0 atom stereocenters. The Morgan fingerprint density at radius 3 is 2.86 bits per heavy atom. The van der Waals surface area contributed by atoms with Crippen molar-refractivity contribution in [1.82, 2.24) is 0 Å². The van der Waals surface area contributed by atoms with Crippen LogP contribution < -0.4 is 0 Å². The summed E-state index contributed by atoms with van der Waals surface area (Å²) in [4.78, 5) is 0. The fourth-order valence-electron chi connectivity index (χ4n) is 1.08. The largest absolute Gasteiger partial charge is 0.506 e. The van der Waals surface area contributed by atoms with Crippen molar-refractivity contribution >= 4 is 27.5 Å². The molecular formula is C10H7BrClNO. The lowest BCUT2D eigenvalue weighted by atomic mass is 10.1. The van der Waals surface area contributed by atoms with E-state index in [0.29, 0.717) is 22.0 Å². The Balaban J connectivity index is 3.46. The van der Waals surface area contributed by atoms with Crippen molar-refractivity contribution in [2.24, 2.45) is 0 Å². The minimum atomic E-state index is 0.0638. The average molecular weight is 273 g/mol. The summed E-state index contributed by atoms with van der Waals surface area (Å²) < 4.78 is 0.468. The van der Waals surface area contributed by atoms with E-state index in [4.69, 9.17) is 16.9 Å². The second kappa shape index (κ2) is 4.50. The molecule has 14 heavy (non-hydrogen) atoms. The van der Waals surface area contributed by atoms with Gasteiger partial charge in [-0.1, -0.05) is 17.7 Å². The first kappa shape index (κ1) is 11.1. The SMILES string of the molecule is C=CCc1c(O)c(Br)cc(C#N)c1Cl. The summed E-state index contributed by atoms with van der Waals surface area (Å²) in [5, 5.41) is 18.7. The number of allylic oxidation sites excluding steroid dienone is 1. The van der Waals surface area contributed by atoms with Crippen LogP contribution in [0.15, 0.2) is 23.2 Å². The fourth-order valence-corrected chi connectivity index (χ4v) is 1.81. The number of rotatable bonds is 2. The van der Waals surface area contributed by atoms with Gasteiger partial charge < -0.3 is 5.11 Å². The normalized spacial score (nSPS) is 9.50. The Hall–Kier alpha value is -0.980. The van der Waals surface area contributed by atoms with E-state index in [1.807, 2.05) is 6.07 Å². The van der Waals surface area contributed by atoms with E-state index in [2.05, 4.69) is 22.5 Å². The van der Waals surface area contributed by atoms with Gasteiger partial charge in [0.2, 0.25) is 0 Å². The van der Waals surface area contributed by atoms with Crippen LogP contribution in [0.25, 0.3) is 0 Å². The van der Waals surface area contributed by atoms with Crippen molar-refractivity contribution in [3.63, 3.8) is 0 Å². The Labute approximate surface area is 95.6 Å². The standard InChI is InChI=1S/C10H7BrClNO/c1-2-3-7-9(12)6(5-13)4-8(11)10(7)14/h2,4,14H,1,3H2. The maximum absolute atomic E-state index is 9.64. The van der Waals surface area contributed by atoms with Crippen LogP contribution in [0.4, 0.5) is 0 Å². The van der Waals surface area contributed by atoms with Gasteiger partial charge in [0.15, 0.2) is 0 Å². The molecule has 0 aliphatic carbocycles. The number of benzene rings is 1. The summed E-state index contributed by atoms with van der Waals surface area (Å²) in [5.41, 5.74) is 0.862. The summed E-state index contributed by atoms with van der Waals surface area (Å²) in [6.07, 6.45) is 2.05. The zero-order valence-electron chi connectivity index (χ0n) is 7.22. The van der Waals surface area contributed by atoms with Crippen molar-refractivity contribution < 1.29 is 5.11 Å². The highest BCUT2D eigenvalue weighted by Gasteiger charge is 2.13. The minimum Gasteiger partial charge on any atom is -0.506 e. The predicted octanol–water partition coefficient (Wildman–Crippen LogP) is 3.41. The van der Waals surface area contributed by atoms with Gasteiger partial charge in [-0.3, -0.25) is 0 Å². The van der Waals surface area contributed by atoms with Gasteiger partial charge in [0.05, 0.1) is 15.1 Å². The highest BCUT2D eigenvalue weighted by atomic mass is 79.9. The number of nitriles is 1. The van der Waals surface area contributed by atoms with Crippen LogP contribution in [0, 0.1) is 11.3 Å². The highest BCUT2D eigenvalue weighted by molar-refractivity contribution is 9.10. The molecule has 0 unspecified atom stereocenters. The lowest BCUT2D eigenvalue weighted by Crippen LogP contribution is -1.89. The third kappa shape index (κ3) is 1.92. The molecule has 0 radical (unpaired) electrons. The number of nitrogens with zero attached hydrogens (tertiary/aromatic N) is 1. The van der Waals surface area contributed by atoms with Crippen LogP contribution in [-0.2, 0) is 6.42 Å². The third-order valence-corrected chi connectivity index (χ3v) is 2.79. The molecule has 1 aromatic rings. The summed E-state index contributed by atoms with van der Waals surface area (Å²) in [7, 11) is 0. The van der Waals surface area contributed by atoms with Gasteiger partial charge in [0, 0.05) is 5.56 Å². The molecule has 0 aliphatic rings. The molecule has 0 saturated heterocycles. The van der Waals surface area contributed by atoms with Crippen LogP contribution in [0.1, 0.15) is 11.1 Å². The maximum Gasteiger partial charge on any atom is 0.134 e. The number of phenolic OH excluding ortho intramolecular Hbond substituents is 1.